The fourth-order valence-corrected chi connectivity index (χ4v) is 8.33. The molecule has 0 spiro atoms. The predicted octanol–water partition coefficient (Wildman–Crippen LogP) is 8.32. The van der Waals surface area contributed by atoms with E-state index in [-0.39, 0.29) is 46.8 Å². The highest BCUT2D eigenvalue weighted by Gasteiger charge is 2.57. The molecule has 1 fully saturated rings. The first-order valence-electron chi connectivity index (χ1n) is 15.1. The second kappa shape index (κ2) is 12.9. The van der Waals surface area contributed by atoms with Gasteiger partial charge in [0.2, 0.25) is 0 Å². The van der Waals surface area contributed by atoms with Crippen LogP contribution in [-0.2, 0) is 18.3 Å². The summed E-state index contributed by atoms with van der Waals surface area (Å²) in [5.41, 5.74) is 0.176. The van der Waals surface area contributed by atoms with Crippen molar-refractivity contribution in [2.24, 2.45) is 11.8 Å². The maximum Gasteiger partial charge on any atom is 0.193 e. The quantitative estimate of drug-likeness (QED) is 0.259. The summed E-state index contributed by atoms with van der Waals surface area (Å²) in [6, 6.07) is 7.85. The summed E-state index contributed by atoms with van der Waals surface area (Å²) in [4.78, 5) is 0. The standard InChI is InChI=1S/C32H60O6Si2/c1-16-26(37-39(12,13)30(4,5)6)32(10,38-40(14,15)31(7,8)9)28-23(3)27(22(2)21-33)35-29(36-28)24-17-19-25(34-11)20-18-24/h17-20,22-23,26-29,33H,16,21H2,1-15H3/t22-,23+,26-,27+,28-,29?,32-/m1/s1. The van der Waals surface area contributed by atoms with Crippen molar-refractivity contribution < 1.29 is 28.2 Å². The second-order valence-corrected chi connectivity index (χ2v) is 24.6. The van der Waals surface area contributed by atoms with Crippen LogP contribution in [0.15, 0.2) is 24.3 Å². The molecular formula is C32H60O6Si2. The molecule has 1 N–H and O–H groups in total. The minimum Gasteiger partial charge on any atom is -0.497 e. The molecule has 1 heterocycles. The van der Waals surface area contributed by atoms with Crippen LogP contribution < -0.4 is 4.74 Å². The Morgan fingerprint density at radius 3 is 1.85 bits per heavy atom. The number of hydrogen-bond acceptors (Lipinski definition) is 6. The topological polar surface area (TPSA) is 66.4 Å². The van der Waals surface area contributed by atoms with Gasteiger partial charge in [-0.25, -0.2) is 0 Å². The van der Waals surface area contributed by atoms with E-state index < -0.39 is 28.5 Å². The molecule has 1 aromatic rings. The zero-order valence-corrected chi connectivity index (χ0v) is 30.2. The van der Waals surface area contributed by atoms with Crippen LogP contribution in [0.4, 0.5) is 0 Å². The van der Waals surface area contributed by atoms with Gasteiger partial charge in [-0.05, 0) is 61.7 Å². The van der Waals surface area contributed by atoms with Crippen LogP contribution in [-0.4, -0.2) is 59.4 Å². The molecule has 8 heteroatoms. The van der Waals surface area contributed by atoms with Crippen LogP contribution in [0.3, 0.4) is 0 Å². The summed E-state index contributed by atoms with van der Waals surface area (Å²) in [5, 5.41) is 10.3. The van der Waals surface area contributed by atoms with E-state index in [1.807, 2.05) is 31.2 Å². The van der Waals surface area contributed by atoms with E-state index >= 15 is 0 Å². The molecule has 0 aliphatic carbocycles. The number of benzene rings is 1. The highest BCUT2D eigenvalue weighted by Crippen LogP contribution is 2.49. The average Bonchev–Trinajstić information content (AvgIpc) is 2.85. The van der Waals surface area contributed by atoms with Crippen LogP contribution >= 0.6 is 0 Å². The molecule has 1 aliphatic heterocycles. The Kier molecular flexibility index (Phi) is 11.4. The Labute approximate surface area is 247 Å². The molecule has 1 saturated heterocycles. The van der Waals surface area contributed by atoms with E-state index in [0.29, 0.717) is 0 Å². The first-order chi connectivity index (χ1) is 18.1. The Balaban J connectivity index is 2.71. The summed E-state index contributed by atoms with van der Waals surface area (Å²) < 4.78 is 33.7. The number of rotatable bonds is 11. The molecular weight excluding hydrogens is 537 g/mol. The largest absolute Gasteiger partial charge is 0.497 e. The lowest BCUT2D eigenvalue weighted by atomic mass is 9.78. The van der Waals surface area contributed by atoms with Gasteiger partial charge in [-0.3, -0.25) is 0 Å². The first-order valence-corrected chi connectivity index (χ1v) is 20.9. The third-order valence-electron chi connectivity index (χ3n) is 9.88. The smallest absolute Gasteiger partial charge is 0.193 e. The molecule has 0 saturated carbocycles. The molecule has 7 atom stereocenters. The molecule has 6 nitrogen and oxygen atoms in total. The number of methoxy groups -OCH3 is 1. The summed E-state index contributed by atoms with van der Waals surface area (Å²) in [6.45, 7) is 31.6. The summed E-state index contributed by atoms with van der Waals surface area (Å²) in [5.74, 6) is 0.675. The van der Waals surface area contributed by atoms with E-state index in [2.05, 4.69) is 88.5 Å². The Bertz CT molecular complexity index is 936. The van der Waals surface area contributed by atoms with Crippen LogP contribution in [0.1, 0.15) is 87.5 Å². The highest BCUT2D eigenvalue weighted by atomic mass is 28.4. The molecule has 40 heavy (non-hydrogen) atoms. The number of aliphatic hydroxyl groups excluding tert-OH is 1. The minimum absolute atomic E-state index is 0.00507. The van der Waals surface area contributed by atoms with E-state index in [0.717, 1.165) is 17.7 Å². The molecule has 232 valence electrons. The van der Waals surface area contributed by atoms with E-state index in [1.165, 1.54) is 0 Å². The molecule has 1 aromatic carbocycles. The number of hydrogen-bond donors (Lipinski definition) is 1. The van der Waals surface area contributed by atoms with Gasteiger partial charge in [-0.2, -0.15) is 0 Å². The average molecular weight is 597 g/mol. The summed E-state index contributed by atoms with van der Waals surface area (Å²) in [7, 11) is -2.76. The van der Waals surface area contributed by atoms with Gasteiger partial charge in [-0.1, -0.05) is 74.4 Å². The van der Waals surface area contributed by atoms with Crippen LogP contribution in [0, 0.1) is 11.8 Å². The highest BCUT2D eigenvalue weighted by molar-refractivity contribution is 6.74. The Morgan fingerprint density at radius 2 is 1.43 bits per heavy atom. The monoisotopic (exact) mass is 596 g/mol. The van der Waals surface area contributed by atoms with Gasteiger partial charge in [-0.15, -0.1) is 0 Å². The Hall–Kier alpha value is -0.746. The van der Waals surface area contributed by atoms with E-state index in [1.54, 1.807) is 7.11 Å². The van der Waals surface area contributed by atoms with Crippen molar-refractivity contribution in [3.05, 3.63) is 29.8 Å². The summed E-state index contributed by atoms with van der Waals surface area (Å²) in [6.07, 6.45) is -0.508. The molecule has 0 amide bonds. The van der Waals surface area contributed by atoms with Crippen molar-refractivity contribution >= 4 is 16.6 Å². The van der Waals surface area contributed by atoms with Crippen molar-refractivity contribution in [1.29, 1.82) is 0 Å². The zero-order chi connectivity index (χ0) is 30.9. The SMILES string of the molecule is CC[C@@H](O[Si](C)(C)C(C)(C)C)[C@@](C)(O[Si](C)(C)C(C)(C)C)[C@@H]1OC(c2ccc(OC)cc2)O[C@@H]([C@H](C)CO)[C@@H]1C. The number of aliphatic hydroxyl groups is 1. The van der Waals surface area contributed by atoms with Crippen molar-refractivity contribution in [1.82, 2.24) is 0 Å². The van der Waals surface area contributed by atoms with Gasteiger partial charge in [0.05, 0.1) is 25.4 Å². The zero-order valence-electron chi connectivity index (χ0n) is 28.2. The van der Waals surface area contributed by atoms with Gasteiger partial charge in [0, 0.05) is 24.0 Å². The molecule has 0 bridgehead atoms. The first kappa shape index (κ1) is 35.5. The van der Waals surface area contributed by atoms with E-state index in [9.17, 15) is 5.11 Å². The third kappa shape index (κ3) is 7.60. The van der Waals surface area contributed by atoms with Gasteiger partial charge in [0.15, 0.2) is 22.9 Å². The number of ether oxygens (including phenoxy) is 3. The second-order valence-electron chi connectivity index (χ2n) is 15.1. The van der Waals surface area contributed by atoms with Crippen molar-refractivity contribution in [3.63, 3.8) is 0 Å². The lowest BCUT2D eigenvalue weighted by Gasteiger charge is -2.56. The van der Waals surface area contributed by atoms with Crippen LogP contribution in [0.25, 0.3) is 0 Å². The van der Waals surface area contributed by atoms with Crippen molar-refractivity contribution in [2.45, 2.75) is 142 Å². The molecule has 0 aromatic heterocycles. The third-order valence-corrected chi connectivity index (χ3v) is 18.9. The summed E-state index contributed by atoms with van der Waals surface area (Å²) >= 11 is 0. The Morgan fingerprint density at radius 1 is 0.900 bits per heavy atom. The van der Waals surface area contributed by atoms with Crippen LogP contribution in [0.5, 0.6) is 5.75 Å². The van der Waals surface area contributed by atoms with E-state index in [4.69, 9.17) is 23.1 Å². The fraction of sp³-hybridized carbons (Fsp3) is 0.812. The molecule has 0 radical (unpaired) electrons. The molecule has 1 unspecified atom stereocenters. The van der Waals surface area contributed by atoms with Gasteiger partial charge in [0.1, 0.15) is 11.4 Å². The van der Waals surface area contributed by atoms with Gasteiger partial charge < -0.3 is 28.2 Å². The predicted molar refractivity (Wildman–Crippen MR) is 170 cm³/mol. The fourth-order valence-electron chi connectivity index (χ4n) is 5.21. The lowest BCUT2D eigenvalue weighted by molar-refractivity contribution is -0.318. The van der Waals surface area contributed by atoms with Gasteiger partial charge >= 0.3 is 0 Å². The lowest BCUT2D eigenvalue weighted by Crippen LogP contribution is -2.66. The van der Waals surface area contributed by atoms with Crippen molar-refractivity contribution in [2.75, 3.05) is 13.7 Å². The minimum atomic E-state index is -2.28. The maximum absolute atomic E-state index is 10.2. The maximum atomic E-state index is 10.2. The van der Waals surface area contributed by atoms with Crippen molar-refractivity contribution in [3.8, 4) is 5.75 Å². The van der Waals surface area contributed by atoms with Crippen LogP contribution in [0.2, 0.25) is 36.3 Å². The van der Waals surface area contributed by atoms with Gasteiger partial charge in [0.25, 0.3) is 0 Å². The molecule has 2 rings (SSSR count). The normalized spacial score (nSPS) is 26.2. The molecule has 1 aliphatic rings.